The second-order valence-corrected chi connectivity index (χ2v) is 5.38. The van der Waals surface area contributed by atoms with Crippen molar-refractivity contribution in [3.63, 3.8) is 0 Å². The molecule has 0 amide bonds. The Balaban J connectivity index is 1.84. The first-order chi connectivity index (χ1) is 11.7. The van der Waals surface area contributed by atoms with Crippen LogP contribution < -0.4 is 15.2 Å². The largest absolute Gasteiger partial charge is 0.494 e. The standard InChI is InChI=1S/C20H18FNO2/c1-23-19-12-16(11-18(21)20(19)22)15-8-5-9-17(10-15)24-13-14-6-3-2-4-7-14/h2-12H,13,22H2,1H3. The van der Waals surface area contributed by atoms with Crippen LogP contribution in [-0.2, 0) is 6.61 Å². The van der Waals surface area contributed by atoms with Gasteiger partial charge in [0.25, 0.3) is 0 Å². The summed E-state index contributed by atoms with van der Waals surface area (Å²) in [5, 5.41) is 0. The molecule has 122 valence electrons. The Hall–Kier alpha value is -3.01. The van der Waals surface area contributed by atoms with Crippen LogP contribution in [0.1, 0.15) is 5.56 Å². The molecule has 0 aromatic heterocycles. The van der Waals surface area contributed by atoms with E-state index >= 15 is 0 Å². The highest BCUT2D eigenvalue weighted by molar-refractivity contribution is 5.71. The zero-order chi connectivity index (χ0) is 16.9. The Morgan fingerprint density at radius 2 is 1.71 bits per heavy atom. The van der Waals surface area contributed by atoms with E-state index in [1.165, 1.54) is 13.2 Å². The maximum absolute atomic E-state index is 13.9. The number of hydrogen-bond acceptors (Lipinski definition) is 3. The molecule has 3 nitrogen and oxygen atoms in total. The first kappa shape index (κ1) is 15.9. The maximum atomic E-state index is 13.9. The third-order valence-electron chi connectivity index (χ3n) is 3.73. The molecule has 0 heterocycles. The number of nitrogen functional groups attached to an aromatic ring is 1. The zero-order valence-electron chi connectivity index (χ0n) is 13.3. The van der Waals surface area contributed by atoms with Gasteiger partial charge in [-0.2, -0.15) is 0 Å². The predicted octanol–water partition coefficient (Wildman–Crippen LogP) is 4.66. The Morgan fingerprint density at radius 1 is 0.917 bits per heavy atom. The summed E-state index contributed by atoms with van der Waals surface area (Å²) in [4.78, 5) is 0. The van der Waals surface area contributed by atoms with Gasteiger partial charge in [-0.1, -0.05) is 42.5 Å². The molecule has 0 aliphatic heterocycles. The van der Waals surface area contributed by atoms with Crippen LogP contribution in [-0.4, -0.2) is 7.11 Å². The van der Waals surface area contributed by atoms with E-state index in [0.29, 0.717) is 23.7 Å². The molecular formula is C20H18FNO2. The Bertz CT molecular complexity index is 834. The van der Waals surface area contributed by atoms with Gasteiger partial charge in [0.15, 0.2) is 5.82 Å². The highest BCUT2D eigenvalue weighted by Gasteiger charge is 2.10. The molecule has 0 radical (unpaired) electrons. The number of halogens is 1. The van der Waals surface area contributed by atoms with Gasteiger partial charge < -0.3 is 15.2 Å². The van der Waals surface area contributed by atoms with Crippen LogP contribution in [0.15, 0.2) is 66.7 Å². The quantitative estimate of drug-likeness (QED) is 0.694. The summed E-state index contributed by atoms with van der Waals surface area (Å²) in [5.74, 6) is 0.535. The summed E-state index contributed by atoms with van der Waals surface area (Å²) in [5.41, 5.74) is 8.27. The molecule has 0 saturated heterocycles. The van der Waals surface area contributed by atoms with Crippen molar-refractivity contribution >= 4 is 5.69 Å². The van der Waals surface area contributed by atoms with Gasteiger partial charge >= 0.3 is 0 Å². The van der Waals surface area contributed by atoms with E-state index in [1.54, 1.807) is 6.07 Å². The number of ether oxygens (including phenoxy) is 2. The Kier molecular flexibility index (Phi) is 4.66. The van der Waals surface area contributed by atoms with Crippen molar-refractivity contribution in [1.82, 2.24) is 0 Å². The van der Waals surface area contributed by atoms with Crippen molar-refractivity contribution in [3.05, 3.63) is 78.1 Å². The van der Waals surface area contributed by atoms with Gasteiger partial charge in [0.1, 0.15) is 23.8 Å². The van der Waals surface area contributed by atoms with E-state index in [1.807, 2.05) is 54.6 Å². The van der Waals surface area contributed by atoms with Crippen LogP contribution in [0.4, 0.5) is 10.1 Å². The minimum Gasteiger partial charge on any atom is -0.494 e. The molecule has 3 rings (SSSR count). The highest BCUT2D eigenvalue weighted by atomic mass is 19.1. The van der Waals surface area contributed by atoms with Gasteiger partial charge in [0, 0.05) is 0 Å². The second kappa shape index (κ2) is 7.04. The fourth-order valence-electron chi connectivity index (χ4n) is 2.43. The summed E-state index contributed by atoms with van der Waals surface area (Å²) in [6.07, 6.45) is 0. The predicted molar refractivity (Wildman–Crippen MR) is 93.6 cm³/mol. The number of anilines is 1. The number of nitrogens with two attached hydrogens (primary N) is 1. The SMILES string of the molecule is COc1cc(-c2cccc(OCc3ccccc3)c2)cc(F)c1N. The van der Waals surface area contributed by atoms with Gasteiger partial charge in [-0.3, -0.25) is 0 Å². The lowest BCUT2D eigenvalue weighted by Gasteiger charge is -2.11. The van der Waals surface area contributed by atoms with Crippen molar-refractivity contribution in [2.45, 2.75) is 6.61 Å². The van der Waals surface area contributed by atoms with Crippen molar-refractivity contribution in [1.29, 1.82) is 0 Å². The van der Waals surface area contributed by atoms with E-state index in [4.69, 9.17) is 15.2 Å². The molecule has 4 heteroatoms. The van der Waals surface area contributed by atoms with Gasteiger partial charge in [0.05, 0.1) is 7.11 Å². The number of hydrogen-bond donors (Lipinski definition) is 1. The third kappa shape index (κ3) is 3.49. The van der Waals surface area contributed by atoms with E-state index < -0.39 is 5.82 Å². The molecule has 0 fully saturated rings. The van der Waals surface area contributed by atoms with Crippen LogP contribution in [0.25, 0.3) is 11.1 Å². The minimum atomic E-state index is -0.500. The van der Waals surface area contributed by atoms with E-state index in [0.717, 1.165) is 11.1 Å². The number of rotatable bonds is 5. The molecule has 0 aliphatic rings. The van der Waals surface area contributed by atoms with Crippen molar-refractivity contribution in [2.75, 3.05) is 12.8 Å². The molecule has 0 spiro atoms. The van der Waals surface area contributed by atoms with Crippen LogP contribution in [0.2, 0.25) is 0 Å². The van der Waals surface area contributed by atoms with Gasteiger partial charge in [-0.25, -0.2) is 4.39 Å². The van der Waals surface area contributed by atoms with Crippen LogP contribution in [0.5, 0.6) is 11.5 Å². The highest BCUT2D eigenvalue weighted by Crippen LogP contribution is 2.32. The monoisotopic (exact) mass is 323 g/mol. The Morgan fingerprint density at radius 3 is 2.46 bits per heavy atom. The summed E-state index contributed by atoms with van der Waals surface area (Å²) < 4.78 is 24.9. The molecule has 2 N–H and O–H groups in total. The smallest absolute Gasteiger partial charge is 0.150 e. The van der Waals surface area contributed by atoms with Crippen molar-refractivity contribution in [3.8, 4) is 22.6 Å². The molecule has 0 aliphatic carbocycles. The van der Waals surface area contributed by atoms with Gasteiger partial charge in [-0.15, -0.1) is 0 Å². The first-order valence-corrected chi connectivity index (χ1v) is 7.57. The second-order valence-electron chi connectivity index (χ2n) is 5.38. The van der Waals surface area contributed by atoms with Crippen molar-refractivity contribution < 1.29 is 13.9 Å². The summed E-state index contributed by atoms with van der Waals surface area (Å²) in [6, 6.07) is 20.5. The first-order valence-electron chi connectivity index (χ1n) is 7.57. The number of benzene rings is 3. The Labute approximate surface area is 140 Å². The molecule has 3 aromatic carbocycles. The van der Waals surface area contributed by atoms with Gasteiger partial charge in [0.2, 0.25) is 0 Å². The van der Waals surface area contributed by atoms with Crippen LogP contribution in [0, 0.1) is 5.82 Å². The van der Waals surface area contributed by atoms with E-state index in [-0.39, 0.29) is 5.69 Å². The molecule has 24 heavy (non-hydrogen) atoms. The van der Waals surface area contributed by atoms with Gasteiger partial charge in [-0.05, 0) is 41.0 Å². The molecule has 0 unspecified atom stereocenters. The lowest BCUT2D eigenvalue weighted by atomic mass is 10.0. The van der Waals surface area contributed by atoms with Crippen molar-refractivity contribution in [2.24, 2.45) is 0 Å². The fourth-order valence-corrected chi connectivity index (χ4v) is 2.43. The minimum absolute atomic E-state index is 0.0118. The van der Waals surface area contributed by atoms with E-state index in [9.17, 15) is 4.39 Å². The maximum Gasteiger partial charge on any atom is 0.150 e. The zero-order valence-corrected chi connectivity index (χ0v) is 13.3. The average Bonchev–Trinajstić information content (AvgIpc) is 2.63. The van der Waals surface area contributed by atoms with Crippen LogP contribution in [0.3, 0.4) is 0 Å². The summed E-state index contributed by atoms with van der Waals surface area (Å²) in [6.45, 7) is 0.476. The molecule has 0 atom stereocenters. The lowest BCUT2D eigenvalue weighted by Crippen LogP contribution is -1.97. The van der Waals surface area contributed by atoms with E-state index in [2.05, 4.69) is 0 Å². The number of methoxy groups -OCH3 is 1. The normalized spacial score (nSPS) is 10.4. The summed E-state index contributed by atoms with van der Waals surface area (Å²) in [7, 11) is 1.47. The fraction of sp³-hybridized carbons (Fsp3) is 0.100. The molecular weight excluding hydrogens is 305 g/mol. The van der Waals surface area contributed by atoms with Crippen LogP contribution >= 0.6 is 0 Å². The molecule has 3 aromatic rings. The molecule has 0 saturated carbocycles. The third-order valence-corrected chi connectivity index (χ3v) is 3.73. The topological polar surface area (TPSA) is 44.5 Å². The average molecular weight is 323 g/mol. The lowest BCUT2D eigenvalue weighted by molar-refractivity contribution is 0.306. The summed E-state index contributed by atoms with van der Waals surface area (Å²) >= 11 is 0. The molecule has 0 bridgehead atoms.